The Kier molecular flexibility index (Phi) is 4.95. The summed E-state index contributed by atoms with van der Waals surface area (Å²) in [6.07, 6.45) is 1.43. The number of ether oxygens (including phenoxy) is 1. The molecule has 0 saturated carbocycles. The molecule has 23 heavy (non-hydrogen) atoms. The van der Waals surface area contributed by atoms with E-state index >= 15 is 0 Å². The van der Waals surface area contributed by atoms with Crippen molar-refractivity contribution in [1.29, 1.82) is 0 Å². The van der Waals surface area contributed by atoms with E-state index in [2.05, 4.69) is 10.3 Å². The van der Waals surface area contributed by atoms with Crippen molar-refractivity contribution in [2.24, 2.45) is 0 Å². The molecule has 2 N–H and O–H groups in total. The second-order valence-electron chi connectivity index (χ2n) is 5.30. The molecule has 6 nitrogen and oxygen atoms in total. The number of anilines is 1. The Morgan fingerprint density at radius 2 is 1.91 bits per heavy atom. The van der Waals surface area contributed by atoms with Crippen LogP contribution in [0.4, 0.5) is 5.69 Å². The fourth-order valence-corrected chi connectivity index (χ4v) is 1.98. The molecule has 0 aliphatic heterocycles. The summed E-state index contributed by atoms with van der Waals surface area (Å²) in [4.78, 5) is 37.5. The smallest absolute Gasteiger partial charge is 0.355 e. The third kappa shape index (κ3) is 4.29. The Labute approximate surface area is 133 Å². The lowest BCUT2D eigenvalue weighted by atomic mass is 10.1. The van der Waals surface area contributed by atoms with E-state index in [4.69, 9.17) is 4.74 Å². The van der Waals surface area contributed by atoms with E-state index in [9.17, 15) is 14.4 Å². The Bertz CT molecular complexity index is 762. The number of carbonyl (C=O) groups excluding carboxylic acids is 3. The summed E-state index contributed by atoms with van der Waals surface area (Å²) in [6, 6.07) is 7.09. The highest BCUT2D eigenvalue weighted by molar-refractivity contribution is 5.98. The van der Waals surface area contributed by atoms with Gasteiger partial charge in [0.1, 0.15) is 5.69 Å². The molecule has 120 valence electrons. The van der Waals surface area contributed by atoms with Crippen molar-refractivity contribution in [1.82, 2.24) is 4.98 Å². The first-order valence-corrected chi connectivity index (χ1v) is 7.10. The number of hydrogen-bond donors (Lipinski definition) is 2. The Hall–Kier alpha value is -2.89. The Morgan fingerprint density at radius 3 is 2.57 bits per heavy atom. The molecule has 6 heteroatoms. The number of amides is 1. The summed E-state index contributed by atoms with van der Waals surface area (Å²) in [6.45, 7) is 4.80. The molecule has 1 aromatic carbocycles. The van der Waals surface area contributed by atoms with Gasteiger partial charge in [0.25, 0.3) is 5.91 Å². The highest BCUT2D eigenvalue weighted by atomic mass is 16.5. The average molecular weight is 314 g/mol. The standard InChI is InChI=1S/C17H18N2O4/c1-10-4-5-11(2)14(6-10)19-16(21)9-23-17(22)15-7-13(8-18-15)12(3)20/h4-8,18H,9H2,1-3H3,(H,19,21). The number of hydrogen-bond acceptors (Lipinski definition) is 4. The summed E-state index contributed by atoms with van der Waals surface area (Å²) in [5, 5.41) is 2.70. The summed E-state index contributed by atoms with van der Waals surface area (Å²) >= 11 is 0. The van der Waals surface area contributed by atoms with E-state index < -0.39 is 18.5 Å². The lowest BCUT2D eigenvalue weighted by Crippen LogP contribution is -2.21. The van der Waals surface area contributed by atoms with Gasteiger partial charge in [-0.25, -0.2) is 4.79 Å². The number of nitrogens with one attached hydrogen (secondary N) is 2. The van der Waals surface area contributed by atoms with Gasteiger partial charge in [-0.1, -0.05) is 12.1 Å². The van der Waals surface area contributed by atoms with E-state index in [1.807, 2.05) is 32.0 Å². The van der Waals surface area contributed by atoms with Gasteiger partial charge in [0, 0.05) is 17.4 Å². The number of Topliss-reactive ketones (excluding diaryl/α,β-unsaturated/α-hetero) is 1. The SMILES string of the molecule is CC(=O)c1c[nH]c(C(=O)OCC(=O)Nc2cc(C)ccc2C)c1. The van der Waals surface area contributed by atoms with Crippen molar-refractivity contribution >= 4 is 23.3 Å². The maximum atomic E-state index is 11.9. The van der Waals surface area contributed by atoms with Crippen LogP contribution in [0.5, 0.6) is 0 Å². The normalized spacial score (nSPS) is 10.2. The second-order valence-corrected chi connectivity index (χ2v) is 5.30. The summed E-state index contributed by atoms with van der Waals surface area (Å²) in [7, 11) is 0. The van der Waals surface area contributed by atoms with Crippen molar-refractivity contribution in [3.8, 4) is 0 Å². The third-order valence-electron chi connectivity index (χ3n) is 3.31. The van der Waals surface area contributed by atoms with Crippen LogP contribution in [-0.4, -0.2) is 29.3 Å². The van der Waals surface area contributed by atoms with Gasteiger partial charge >= 0.3 is 5.97 Å². The van der Waals surface area contributed by atoms with E-state index in [1.165, 1.54) is 19.2 Å². The zero-order valence-corrected chi connectivity index (χ0v) is 13.2. The first kappa shape index (κ1) is 16.5. The van der Waals surface area contributed by atoms with Gasteiger partial charge in [0.15, 0.2) is 12.4 Å². The van der Waals surface area contributed by atoms with Crippen molar-refractivity contribution in [3.05, 3.63) is 52.8 Å². The van der Waals surface area contributed by atoms with Crippen molar-refractivity contribution in [3.63, 3.8) is 0 Å². The Balaban J connectivity index is 1.92. The zero-order chi connectivity index (χ0) is 17.0. The molecular weight excluding hydrogens is 296 g/mol. The number of ketones is 1. The maximum Gasteiger partial charge on any atom is 0.355 e. The largest absolute Gasteiger partial charge is 0.451 e. The number of aromatic amines is 1. The summed E-state index contributed by atoms with van der Waals surface area (Å²) in [5.74, 6) is -1.27. The molecule has 0 atom stereocenters. The van der Waals surface area contributed by atoms with Crippen LogP contribution in [0.2, 0.25) is 0 Å². The number of carbonyl (C=O) groups is 3. The summed E-state index contributed by atoms with van der Waals surface area (Å²) < 4.78 is 4.93. The molecule has 0 spiro atoms. The number of rotatable bonds is 5. The predicted molar refractivity (Wildman–Crippen MR) is 85.6 cm³/mol. The minimum atomic E-state index is -0.686. The molecular formula is C17H18N2O4. The van der Waals surface area contributed by atoms with Crippen molar-refractivity contribution in [2.75, 3.05) is 11.9 Å². The zero-order valence-electron chi connectivity index (χ0n) is 13.2. The van der Waals surface area contributed by atoms with Gasteiger partial charge in [-0.3, -0.25) is 9.59 Å². The summed E-state index contributed by atoms with van der Waals surface area (Å²) in [5.41, 5.74) is 3.15. The van der Waals surface area contributed by atoms with Crippen LogP contribution in [0.15, 0.2) is 30.5 Å². The highest BCUT2D eigenvalue weighted by Gasteiger charge is 2.14. The molecule has 0 aliphatic rings. The predicted octanol–water partition coefficient (Wildman–Crippen LogP) is 2.63. The number of aromatic nitrogens is 1. The molecule has 2 rings (SSSR count). The lowest BCUT2D eigenvalue weighted by molar-refractivity contribution is -0.119. The van der Waals surface area contributed by atoms with Crippen LogP contribution >= 0.6 is 0 Å². The minimum absolute atomic E-state index is 0.134. The second kappa shape index (κ2) is 6.91. The first-order chi connectivity index (χ1) is 10.9. The van der Waals surface area contributed by atoms with Gasteiger partial charge in [0.05, 0.1) is 0 Å². The van der Waals surface area contributed by atoms with E-state index in [0.29, 0.717) is 11.3 Å². The molecule has 0 saturated heterocycles. The molecule has 0 bridgehead atoms. The molecule has 0 radical (unpaired) electrons. The topological polar surface area (TPSA) is 88.3 Å². The molecule has 1 amide bonds. The highest BCUT2D eigenvalue weighted by Crippen LogP contribution is 2.16. The fraction of sp³-hybridized carbons (Fsp3) is 0.235. The van der Waals surface area contributed by atoms with Crippen LogP contribution in [0.3, 0.4) is 0 Å². The minimum Gasteiger partial charge on any atom is -0.451 e. The fourth-order valence-electron chi connectivity index (χ4n) is 1.98. The van der Waals surface area contributed by atoms with Gasteiger partial charge in [-0.15, -0.1) is 0 Å². The van der Waals surface area contributed by atoms with E-state index in [-0.39, 0.29) is 11.5 Å². The van der Waals surface area contributed by atoms with E-state index in [1.54, 1.807) is 0 Å². The number of aryl methyl sites for hydroxylation is 2. The molecule has 1 aromatic heterocycles. The molecule has 2 aromatic rings. The molecule has 0 unspecified atom stereocenters. The monoisotopic (exact) mass is 314 g/mol. The molecule has 0 fully saturated rings. The Morgan fingerprint density at radius 1 is 1.17 bits per heavy atom. The van der Waals surface area contributed by atoms with Crippen LogP contribution in [0.1, 0.15) is 38.9 Å². The molecule has 0 aliphatic carbocycles. The average Bonchev–Trinajstić information content (AvgIpc) is 2.99. The van der Waals surface area contributed by atoms with Gasteiger partial charge in [0.2, 0.25) is 0 Å². The maximum absolute atomic E-state index is 11.9. The van der Waals surface area contributed by atoms with Gasteiger partial charge in [-0.2, -0.15) is 0 Å². The quantitative estimate of drug-likeness (QED) is 0.656. The number of esters is 1. The van der Waals surface area contributed by atoms with Crippen molar-refractivity contribution < 1.29 is 19.1 Å². The van der Waals surface area contributed by atoms with Crippen LogP contribution < -0.4 is 5.32 Å². The molecule has 1 heterocycles. The number of benzene rings is 1. The lowest BCUT2D eigenvalue weighted by Gasteiger charge is -2.09. The first-order valence-electron chi connectivity index (χ1n) is 7.10. The third-order valence-corrected chi connectivity index (χ3v) is 3.31. The van der Waals surface area contributed by atoms with Gasteiger partial charge in [-0.05, 0) is 44.0 Å². The van der Waals surface area contributed by atoms with E-state index in [0.717, 1.165) is 11.1 Å². The van der Waals surface area contributed by atoms with Gasteiger partial charge < -0.3 is 15.0 Å². The van der Waals surface area contributed by atoms with Crippen LogP contribution in [0.25, 0.3) is 0 Å². The van der Waals surface area contributed by atoms with Crippen molar-refractivity contribution in [2.45, 2.75) is 20.8 Å². The number of H-pyrrole nitrogens is 1. The van der Waals surface area contributed by atoms with Crippen LogP contribution in [0, 0.1) is 13.8 Å². The van der Waals surface area contributed by atoms with Crippen LogP contribution in [-0.2, 0) is 9.53 Å².